The number of hydrogen-bond donors (Lipinski definition) is 1. The summed E-state index contributed by atoms with van der Waals surface area (Å²) >= 11 is 3.06. The molecule has 4 nitrogen and oxygen atoms in total. The predicted octanol–water partition coefficient (Wildman–Crippen LogP) is 2.54. The normalized spacial score (nSPS) is 19.4. The highest BCUT2D eigenvalue weighted by molar-refractivity contribution is 9.10. The average molecular weight is 329 g/mol. The van der Waals surface area contributed by atoms with Crippen molar-refractivity contribution < 1.29 is 14.0 Å². The van der Waals surface area contributed by atoms with Crippen molar-refractivity contribution >= 4 is 33.4 Å². The molecule has 1 N–H and O–H groups in total. The number of halogens is 2. The van der Waals surface area contributed by atoms with E-state index in [1.165, 1.54) is 11.0 Å². The minimum Gasteiger partial charge on any atom is -0.373 e. The highest BCUT2D eigenvalue weighted by atomic mass is 79.9. The maximum Gasteiger partial charge on any atom is 0.252 e. The molecule has 0 aromatic heterocycles. The highest BCUT2D eigenvalue weighted by Crippen LogP contribution is 2.23. The maximum absolute atomic E-state index is 13.4. The summed E-state index contributed by atoms with van der Waals surface area (Å²) in [5, 5.41) is 2.90. The maximum atomic E-state index is 13.4. The molecular weight excluding hydrogens is 315 g/mol. The lowest BCUT2D eigenvalue weighted by Crippen LogP contribution is -2.39. The second kappa shape index (κ2) is 5.28. The van der Waals surface area contributed by atoms with Crippen LogP contribution >= 0.6 is 15.9 Å². The first-order valence-corrected chi connectivity index (χ1v) is 6.77. The third-order valence-corrected chi connectivity index (χ3v) is 3.60. The smallest absolute Gasteiger partial charge is 0.252 e. The third kappa shape index (κ3) is 2.78. The Balaban J connectivity index is 2.14. The number of imide groups is 1. The SMILES string of the molecule is CC(C)N1C(=O)CC(Nc2ccc(Br)c(F)c2)C1=O. The van der Waals surface area contributed by atoms with Gasteiger partial charge in [-0.3, -0.25) is 14.5 Å². The summed E-state index contributed by atoms with van der Waals surface area (Å²) in [4.78, 5) is 25.0. The van der Waals surface area contributed by atoms with Crippen molar-refractivity contribution in [2.24, 2.45) is 0 Å². The Hall–Kier alpha value is -1.43. The number of carbonyl (C=O) groups is 2. The molecule has 2 rings (SSSR count). The number of amides is 2. The van der Waals surface area contributed by atoms with Crippen molar-refractivity contribution in [3.05, 3.63) is 28.5 Å². The minimum absolute atomic E-state index is 0.106. The van der Waals surface area contributed by atoms with Gasteiger partial charge in [0.25, 0.3) is 5.91 Å². The van der Waals surface area contributed by atoms with Gasteiger partial charge in [-0.25, -0.2) is 4.39 Å². The van der Waals surface area contributed by atoms with Crippen LogP contribution in [-0.2, 0) is 9.59 Å². The number of benzene rings is 1. The Labute approximate surface area is 119 Å². The predicted molar refractivity (Wildman–Crippen MR) is 73.1 cm³/mol. The Morgan fingerprint density at radius 3 is 2.63 bits per heavy atom. The zero-order valence-corrected chi connectivity index (χ0v) is 12.2. The van der Waals surface area contributed by atoms with Gasteiger partial charge in [0.2, 0.25) is 5.91 Å². The molecule has 1 aliphatic heterocycles. The molecule has 0 spiro atoms. The minimum atomic E-state index is -0.615. The number of nitrogens with zero attached hydrogens (tertiary/aromatic N) is 1. The number of rotatable bonds is 3. The van der Waals surface area contributed by atoms with E-state index in [0.717, 1.165) is 0 Å². The molecule has 1 unspecified atom stereocenters. The van der Waals surface area contributed by atoms with E-state index in [4.69, 9.17) is 0 Å². The second-order valence-corrected chi connectivity index (χ2v) is 5.58. The van der Waals surface area contributed by atoms with Crippen molar-refractivity contribution in [2.75, 3.05) is 5.32 Å². The summed E-state index contributed by atoms with van der Waals surface area (Å²) in [6.45, 7) is 3.58. The van der Waals surface area contributed by atoms with Crippen LogP contribution in [0.1, 0.15) is 20.3 Å². The molecule has 0 radical (unpaired) electrons. The average Bonchev–Trinajstić information content (AvgIpc) is 2.59. The molecule has 2 amide bonds. The zero-order valence-electron chi connectivity index (χ0n) is 10.6. The third-order valence-electron chi connectivity index (χ3n) is 2.96. The van der Waals surface area contributed by atoms with Crippen molar-refractivity contribution in [3.8, 4) is 0 Å². The Kier molecular flexibility index (Phi) is 3.89. The summed E-state index contributed by atoms with van der Waals surface area (Å²) in [7, 11) is 0. The molecule has 6 heteroatoms. The molecule has 1 aromatic carbocycles. The molecule has 1 saturated heterocycles. The lowest BCUT2D eigenvalue weighted by Gasteiger charge is -2.19. The van der Waals surface area contributed by atoms with Crippen LogP contribution in [0.25, 0.3) is 0 Å². The first-order chi connectivity index (χ1) is 8.90. The van der Waals surface area contributed by atoms with Gasteiger partial charge in [0.1, 0.15) is 11.9 Å². The Morgan fingerprint density at radius 1 is 1.42 bits per heavy atom. The van der Waals surface area contributed by atoms with Crippen LogP contribution in [0.2, 0.25) is 0 Å². The van der Waals surface area contributed by atoms with Gasteiger partial charge >= 0.3 is 0 Å². The molecule has 1 heterocycles. The van der Waals surface area contributed by atoms with Crippen LogP contribution in [0.3, 0.4) is 0 Å². The van der Waals surface area contributed by atoms with Crippen LogP contribution in [-0.4, -0.2) is 28.8 Å². The van der Waals surface area contributed by atoms with Crippen LogP contribution in [0.4, 0.5) is 10.1 Å². The van der Waals surface area contributed by atoms with Gasteiger partial charge in [0.05, 0.1) is 10.9 Å². The summed E-state index contributed by atoms with van der Waals surface area (Å²) < 4.78 is 13.7. The molecule has 19 heavy (non-hydrogen) atoms. The van der Waals surface area contributed by atoms with E-state index in [2.05, 4.69) is 21.2 Å². The number of hydrogen-bond acceptors (Lipinski definition) is 3. The second-order valence-electron chi connectivity index (χ2n) is 4.73. The van der Waals surface area contributed by atoms with Crippen molar-refractivity contribution in [1.82, 2.24) is 4.90 Å². The fraction of sp³-hybridized carbons (Fsp3) is 0.385. The molecule has 102 valence electrons. The van der Waals surface area contributed by atoms with Crippen LogP contribution in [0.5, 0.6) is 0 Å². The topological polar surface area (TPSA) is 49.4 Å². The summed E-state index contributed by atoms with van der Waals surface area (Å²) in [5.74, 6) is -0.874. The number of anilines is 1. The van der Waals surface area contributed by atoms with Gasteiger partial charge in [-0.15, -0.1) is 0 Å². The molecule has 1 fully saturated rings. The molecular formula is C13H14BrFN2O2. The lowest BCUT2D eigenvalue weighted by molar-refractivity contribution is -0.140. The summed E-state index contributed by atoms with van der Waals surface area (Å²) in [6.07, 6.45) is 0.106. The highest BCUT2D eigenvalue weighted by Gasteiger charge is 2.39. The molecule has 0 saturated carbocycles. The van der Waals surface area contributed by atoms with Gasteiger partial charge in [-0.2, -0.15) is 0 Å². The monoisotopic (exact) mass is 328 g/mol. The van der Waals surface area contributed by atoms with Crippen LogP contribution < -0.4 is 5.32 Å². The standard InChI is InChI=1S/C13H14BrFN2O2/c1-7(2)17-12(18)6-11(13(17)19)16-8-3-4-9(14)10(15)5-8/h3-5,7,11,16H,6H2,1-2H3. The molecule has 1 aromatic rings. The van der Waals surface area contributed by atoms with Crippen LogP contribution in [0, 0.1) is 5.82 Å². The van der Waals surface area contributed by atoms with Crippen LogP contribution in [0.15, 0.2) is 22.7 Å². The van der Waals surface area contributed by atoms with Gasteiger partial charge < -0.3 is 5.32 Å². The fourth-order valence-electron chi connectivity index (χ4n) is 2.09. The molecule has 1 aliphatic rings. The van der Waals surface area contributed by atoms with Gasteiger partial charge in [0, 0.05) is 11.7 Å². The quantitative estimate of drug-likeness (QED) is 0.867. The van der Waals surface area contributed by atoms with E-state index < -0.39 is 11.9 Å². The zero-order chi connectivity index (χ0) is 14.2. The van der Waals surface area contributed by atoms with E-state index in [1.807, 2.05) is 0 Å². The molecule has 0 bridgehead atoms. The summed E-state index contributed by atoms with van der Waals surface area (Å²) in [6, 6.07) is 3.73. The van der Waals surface area contributed by atoms with E-state index in [-0.39, 0.29) is 24.3 Å². The van der Waals surface area contributed by atoms with Crippen molar-refractivity contribution in [1.29, 1.82) is 0 Å². The molecule has 1 atom stereocenters. The van der Waals surface area contributed by atoms with Gasteiger partial charge in [-0.05, 0) is 48.0 Å². The number of nitrogens with one attached hydrogen (secondary N) is 1. The Bertz CT molecular complexity index is 533. The van der Waals surface area contributed by atoms with E-state index >= 15 is 0 Å². The van der Waals surface area contributed by atoms with E-state index in [0.29, 0.717) is 10.2 Å². The number of likely N-dealkylation sites (tertiary alicyclic amines) is 1. The summed E-state index contributed by atoms with van der Waals surface area (Å²) in [5.41, 5.74) is 0.484. The fourth-order valence-corrected chi connectivity index (χ4v) is 2.34. The van der Waals surface area contributed by atoms with E-state index in [9.17, 15) is 14.0 Å². The van der Waals surface area contributed by atoms with Gasteiger partial charge in [-0.1, -0.05) is 0 Å². The van der Waals surface area contributed by atoms with Crippen molar-refractivity contribution in [2.45, 2.75) is 32.4 Å². The molecule has 0 aliphatic carbocycles. The first-order valence-electron chi connectivity index (χ1n) is 5.97. The Morgan fingerprint density at radius 2 is 2.11 bits per heavy atom. The van der Waals surface area contributed by atoms with E-state index in [1.54, 1.807) is 26.0 Å². The number of carbonyl (C=O) groups excluding carboxylic acids is 2. The largest absolute Gasteiger partial charge is 0.373 e. The first kappa shape index (κ1) is 14.0. The lowest BCUT2D eigenvalue weighted by atomic mass is 10.2. The van der Waals surface area contributed by atoms with Crippen molar-refractivity contribution in [3.63, 3.8) is 0 Å². The van der Waals surface area contributed by atoms with Gasteiger partial charge in [0.15, 0.2) is 0 Å².